The predicted molar refractivity (Wildman–Crippen MR) is 61.4 cm³/mol. The maximum atomic E-state index is 12.7. The number of benzene rings is 1. The van der Waals surface area contributed by atoms with Crippen LogP contribution in [0.15, 0.2) is 24.3 Å². The minimum atomic E-state index is -0.351. The summed E-state index contributed by atoms with van der Waals surface area (Å²) in [5, 5.41) is 0. The zero-order chi connectivity index (χ0) is 12.0. The van der Waals surface area contributed by atoms with Crippen molar-refractivity contribution in [3.05, 3.63) is 35.6 Å². The van der Waals surface area contributed by atoms with Gasteiger partial charge in [-0.2, -0.15) is 0 Å². The number of hydrogen-bond donors (Lipinski definition) is 0. The van der Waals surface area contributed by atoms with Crippen molar-refractivity contribution in [2.75, 3.05) is 13.1 Å². The molecule has 1 amide bonds. The molecule has 0 aliphatic carbocycles. The van der Waals surface area contributed by atoms with E-state index in [1.165, 1.54) is 24.3 Å². The van der Waals surface area contributed by atoms with Crippen LogP contribution in [0.1, 0.15) is 23.7 Å². The van der Waals surface area contributed by atoms with E-state index in [0.717, 1.165) is 6.42 Å². The molecule has 1 rings (SSSR count). The average Bonchev–Trinajstić information content (AvgIpc) is 2.29. The fourth-order valence-electron chi connectivity index (χ4n) is 1.41. The second kappa shape index (κ2) is 5.92. The first-order chi connectivity index (χ1) is 7.69. The average molecular weight is 219 g/mol. The van der Waals surface area contributed by atoms with Gasteiger partial charge in [0.2, 0.25) is 0 Å². The van der Waals surface area contributed by atoms with Gasteiger partial charge in [0.25, 0.3) is 5.91 Å². The van der Waals surface area contributed by atoms with Crippen LogP contribution in [-0.4, -0.2) is 23.9 Å². The first-order valence-corrected chi connectivity index (χ1v) is 5.17. The van der Waals surface area contributed by atoms with E-state index in [-0.39, 0.29) is 18.3 Å². The summed E-state index contributed by atoms with van der Waals surface area (Å²) in [5.41, 5.74) is 0.463. The third-order valence-corrected chi connectivity index (χ3v) is 2.15. The number of terminal acetylenes is 1. The van der Waals surface area contributed by atoms with Crippen LogP contribution in [-0.2, 0) is 0 Å². The fourth-order valence-corrected chi connectivity index (χ4v) is 1.41. The molecule has 0 saturated heterocycles. The lowest BCUT2D eigenvalue weighted by Crippen LogP contribution is -2.32. The Balaban J connectivity index is 2.82. The van der Waals surface area contributed by atoms with Crippen LogP contribution in [0.2, 0.25) is 0 Å². The lowest BCUT2D eigenvalue weighted by molar-refractivity contribution is 0.0777. The number of rotatable bonds is 4. The maximum Gasteiger partial charge on any atom is 0.254 e. The van der Waals surface area contributed by atoms with Crippen molar-refractivity contribution in [2.45, 2.75) is 13.3 Å². The van der Waals surface area contributed by atoms with Crippen molar-refractivity contribution in [1.29, 1.82) is 0 Å². The molecule has 2 nitrogen and oxygen atoms in total. The minimum absolute atomic E-state index is 0.153. The molecule has 1 aromatic carbocycles. The standard InChI is InChI=1S/C13H14FNO/c1-3-9-15(10-4-2)13(16)11-5-7-12(14)8-6-11/h1,5-8H,4,9-10H2,2H3. The van der Waals surface area contributed by atoms with Gasteiger partial charge >= 0.3 is 0 Å². The topological polar surface area (TPSA) is 20.3 Å². The zero-order valence-electron chi connectivity index (χ0n) is 9.24. The number of amides is 1. The molecule has 1 aromatic rings. The first kappa shape index (κ1) is 12.3. The van der Waals surface area contributed by atoms with Crippen LogP contribution >= 0.6 is 0 Å². The number of carbonyl (C=O) groups excluding carboxylic acids is 1. The molecule has 0 heterocycles. The molecule has 0 unspecified atom stereocenters. The van der Waals surface area contributed by atoms with Gasteiger partial charge in [-0.25, -0.2) is 4.39 Å². The van der Waals surface area contributed by atoms with Crippen LogP contribution in [0.3, 0.4) is 0 Å². The summed E-state index contributed by atoms with van der Waals surface area (Å²) >= 11 is 0. The number of nitrogens with zero attached hydrogens (tertiary/aromatic N) is 1. The summed E-state index contributed by atoms with van der Waals surface area (Å²) in [6.07, 6.45) is 6.04. The first-order valence-electron chi connectivity index (χ1n) is 5.17. The molecule has 0 aliphatic heterocycles. The van der Waals surface area contributed by atoms with Gasteiger partial charge in [0.05, 0.1) is 6.54 Å². The highest BCUT2D eigenvalue weighted by Crippen LogP contribution is 2.07. The Morgan fingerprint density at radius 1 is 1.44 bits per heavy atom. The minimum Gasteiger partial charge on any atom is -0.328 e. The van der Waals surface area contributed by atoms with E-state index in [9.17, 15) is 9.18 Å². The summed E-state index contributed by atoms with van der Waals surface area (Å²) in [5.74, 6) is 1.94. The van der Waals surface area contributed by atoms with Gasteiger partial charge in [-0.05, 0) is 30.7 Å². The molecule has 0 saturated carbocycles. The normalized spacial score (nSPS) is 9.56. The molecule has 0 spiro atoms. The van der Waals surface area contributed by atoms with Gasteiger partial charge in [-0.15, -0.1) is 6.42 Å². The van der Waals surface area contributed by atoms with Crippen molar-refractivity contribution < 1.29 is 9.18 Å². The third-order valence-electron chi connectivity index (χ3n) is 2.15. The highest BCUT2D eigenvalue weighted by molar-refractivity contribution is 5.94. The van der Waals surface area contributed by atoms with Gasteiger partial charge in [-0.3, -0.25) is 4.79 Å². The van der Waals surface area contributed by atoms with E-state index in [1.54, 1.807) is 4.90 Å². The van der Waals surface area contributed by atoms with Gasteiger partial charge in [0, 0.05) is 12.1 Å². The molecule has 3 heteroatoms. The lowest BCUT2D eigenvalue weighted by Gasteiger charge is -2.19. The Morgan fingerprint density at radius 2 is 2.06 bits per heavy atom. The SMILES string of the molecule is C#CCN(CCC)C(=O)c1ccc(F)cc1. The van der Waals surface area contributed by atoms with Crippen LogP contribution in [0, 0.1) is 18.2 Å². The van der Waals surface area contributed by atoms with Crippen molar-refractivity contribution >= 4 is 5.91 Å². The molecule has 0 atom stereocenters. The van der Waals surface area contributed by atoms with E-state index in [0.29, 0.717) is 12.1 Å². The Morgan fingerprint density at radius 3 is 2.56 bits per heavy atom. The van der Waals surface area contributed by atoms with E-state index in [4.69, 9.17) is 6.42 Å². The second-order valence-corrected chi connectivity index (χ2v) is 3.44. The quantitative estimate of drug-likeness (QED) is 0.712. The molecule has 16 heavy (non-hydrogen) atoms. The summed E-state index contributed by atoms with van der Waals surface area (Å²) < 4.78 is 12.7. The maximum absolute atomic E-state index is 12.7. The zero-order valence-corrected chi connectivity index (χ0v) is 9.24. The second-order valence-electron chi connectivity index (χ2n) is 3.44. The monoisotopic (exact) mass is 219 g/mol. The van der Waals surface area contributed by atoms with Gasteiger partial charge in [-0.1, -0.05) is 12.8 Å². The number of carbonyl (C=O) groups is 1. The summed E-state index contributed by atoms with van der Waals surface area (Å²) in [7, 11) is 0. The van der Waals surface area contributed by atoms with E-state index in [2.05, 4.69) is 5.92 Å². The smallest absolute Gasteiger partial charge is 0.254 e. The lowest BCUT2D eigenvalue weighted by atomic mass is 10.2. The predicted octanol–water partition coefficient (Wildman–Crippen LogP) is 2.31. The molecular weight excluding hydrogens is 205 g/mol. The van der Waals surface area contributed by atoms with Crippen molar-refractivity contribution in [1.82, 2.24) is 4.90 Å². The van der Waals surface area contributed by atoms with Gasteiger partial charge < -0.3 is 4.90 Å². The highest BCUT2D eigenvalue weighted by atomic mass is 19.1. The molecule has 0 N–H and O–H groups in total. The van der Waals surface area contributed by atoms with E-state index >= 15 is 0 Å². The van der Waals surface area contributed by atoms with Crippen molar-refractivity contribution in [2.24, 2.45) is 0 Å². The Kier molecular flexibility index (Phi) is 4.53. The molecule has 0 fully saturated rings. The number of hydrogen-bond acceptors (Lipinski definition) is 1. The Labute approximate surface area is 95.1 Å². The fraction of sp³-hybridized carbons (Fsp3) is 0.308. The molecule has 0 aromatic heterocycles. The Bertz CT molecular complexity index is 391. The third kappa shape index (κ3) is 3.09. The van der Waals surface area contributed by atoms with E-state index in [1.807, 2.05) is 6.92 Å². The largest absolute Gasteiger partial charge is 0.328 e. The highest BCUT2D eigenvalue weighted by Gasteiger charge is 2.13. The molecule has 0 radical (unpaired) electrons. The van der Waals surface area contributed by atoms with Crippen molar-refractivity contribution in [3.63, 3.8) is 0 Å². The molecule has 0 bridgehead atoms. The number of halogens is 1. The van der Waals surface area contributed by atoms with Crippen molar-refractivity contribution in [3.8, 4) is 12.3 Å². The Hall–Kier alpha value is -1.82. The molecule has 84 valence electrons. The van der Waals surface area contributed by atoms with E-state index < -0.39 is 0 Å². The van der Waals surface area contributed by atoms with Crippen LogP contribution in [0.25, 0.3) is 0 Å². The summed E-state index contributed by atoms with van der Waals surface area (Å²) in [4.78, 5) is 13.5. The van der Waals surface area contributed by atoms with Gasteiger partial charge in [0.15, 0.2) is 0 Å². The van der Waals surface area contributed by atoms with Gasteiger partial charge in [0.1, 0.15) is 5.82 Å². The molecular formula is C13H14FNO. The summed E-state index contributed by atoms with van der Waals surface area (Å²) in [6, 6.07) is 5.48. The molecule has 0 aliphatic rings. The van der Waals surface area contributed by atoms with Crippen LogP contribution < -0.4 is 0 Å². The summed E-state index contributed by atoms with van der Waals surface area (Å²) in [6.45, 7) is 2.87. The van der Waals surface area contributed by atoms with Crippen LogP contribution in [0.5, 0.6) is 0 Å². The van der Waals surface area contributed by atoms with Crippen LogP contribution in [0.4, 0.5) is 4.39 Å².